The first-order chi connectivity index (χ1) is 25.9. The van der Waals surface area contributed by atoms with Crippen molar-refractivity contribution in [2.24, 2.45) is 0 Å². The zero-order valence-corrected chi connectivity index (χ0v) is 32.5. The van der Waals surface area contributed by atoms with Crippen LogP contribution in [0.2, 0.25) is 0 Å². The summed E-state index contributed by atoms with van der Waals surface area (Å²) in [5.41, 5.74) is 27.2. The van der Waals surface area contributed by atoms with Crippen LogP contribution in [0.1, 0.15) is 72.2 Å². The number of aryl methyl sites for hydroxylation is 3. The summed E-state index contributed by atoms with van der Waals surface area (Å²) >= 11 is 0. The summed E-state index contributed by atoms with van der Waals surface area (Å²) < 4.78 is 0. The molecule has 0 heteroatoms. The lowest BCUT2D eigenvalue weighted by atomic mass is 9.80. The van der Waals surface area contributed by atoms with Gasteiger partial charge in [0, 0.05) is 10.8 Å². The van der Waals surface area contributed by atoms with Crippen LogP contribution >= 0.6 is 0 Å². The molecule has 0 fully saturated rings. The molecule has 0 saturated heterocycles. The van der Waals surface area contributed by atoms with Crippen molar-refractivity contribution in [1.82, 2.24) is 0 Å². The molecular formula is C54H44. The van der Waals surface area contributed by atoms with Crippen LogP contribution in [0, 0.1) is 27.7 Å². The molecular weight excluding hydrogens is 649 g/mol. The first-order valence-electron chi connectivity index (χ1n) is 19.6. The Morgan fingerprint density at radius 3 is 1.41 bits per heavy atom. The highest BCUT2D eigenvalue weighted by Gasteiger charge is 2.37. The molecule has 0 heterocycles. The standard InChI is InChI=1S/C54H44/c1-29-23-41-42(24-30(29)2)51-40-22-18-33(34-17-20-38-36-13-9-11-15-45(36)53(5,6)47(38)27-34)26-43(40)49-32(4)31(3)25-44(52(49)51)50(41)35-19-21-39-37-14-10-12-16-46(37)54(7,8)48(39)28-35/h9-28H,1-8H3. The van der Waals surface area contributed by atoms with Crippen LogP contribution in [0.15, 0.2) is 121 Å². The topological polar surface area (TPSA) is 0 Å². The highest BCUT2D eigenvalue weighted by molar-refractivity contribution is 6.30. The van der Waals surface area contributed by atoms with Crippen LogP contribution in [-0.4, -0.2) is 0 Å². The molecule has 11 rings (SSSR count). The molecule has 0 bridgehead atoms. The van der Waals surface area contributed by atoms with Gasteiger partial charge >= 0.3 is 0 Å². The molecule has 3 aliphatic rings. The number of fused-ring (bicyclic) bond motifs is 11. The van der Waals surface area contributed by atoms with Crippen LogP contribution in [-0.2, 0) is 10.8 Å². The Bertz CT molecular complexity index is 3020. The third-order valence-electron chi connectivity index (χ3n) is 13.9. The third-order valence-corrected chi connectivity index (χ3v) is 13.9. The highest BCUT2D eigenvalue weighted by atomic mass is 14.4. The van der Waals surface area contributed by atoms with Crippen molar-refractivity contribution in [3.05, 3.63) is 166 Å². The average Bonchev–Trinajstić information content (AvgIpc) is 3.72. The minimum absolute atomic E-state index is 0.0327. The third kappa shape index (κ3) is 3.94. The molecule has 0 amide bonds. The Morgan fingerprint density at radius 2 is 0.796 bits per heavy atom. The Kier molecular flexibility index (Phi) is 6.17. The minimum Gasteiger partial charge on any atom is -0.0619 e. The van der Waals surface area contributed by atoms with E-state index in [0.29, 0.717) is 0 Å². The van der Waals surface area contributed by atoms with E-state index in [1.165, 1.54) is 133 Å². The fourth-order valence-corrected chi connectivity index (χ4v) is 10.7. The average molecular weight is 693 g/mol. The number of rotatable bonds is 2. The first-order valence-corrected chi connectivity index (χ1v) is 19.6. The van der Waals surface area contributed by atoms with E-state index in [1.54, 1.807) is 0 Å². The number of benzene rings is 8. The van der Waals surface area contributed by atoms with Crippen molar-refractivity contribution >= 4 is 21.5 Å². The van der Waals surface area contributed by atoms with Gasteiger partial charge in [-0.25, -0.2) is 0 Å². The van der Waals surface area contributed by atoms with Gasteiger partial charge in [0.1, 0.15) is 0 Å². The second-order valence-corrected chi connectivity index (χ2v) is 17.5. The van der Waals surface area contributed by atoms with Crippen LogP contribution in [0.25, 0.3) is 88.3 Å². The van der Waals surface area contributed by atoms with Gasteiger partial charge in [-0.05, 0) is 179 Å². The highest BCUT2D eigenvalue weighted by Crippen LogP contribution is 2.58. The second-order valence-electron chi connectivity index (χ2n) is 17.5. The molecule has 0 saturated carbocycles. The molecule has 0 spiro atoms. The summed E-state index contributed by atoms with van der Waals surface area (Å²) in [6, 6.07) is 47.1. The van der Waals surface area contributed by atoms with E-state index in [-0.39, 0.29) is 10.8 Å². The maximum absolute atomic E-state index is 2.52. The summed E-state index contributed by atoms with van der Waals surface area (Å²) in [4.78, 5) is 0. The monoisotopic (exact) mass is 692 g/mol. The largest absolute Gasteiger partial charge is 0.0619 e. The van der Waals surface area contributed by atoms with Gasteiger partial charge in [-0.2, -0.15) is 0 Å². The molecule has 0 radical (unpaired) electrons. The van der Waals surface area contributed by atoms with E-state index in [1.807, 2.05) is 0 Å². The smallest absolute Gasteiger partial charge is 0.0159 e. The lowest BCUT2D eigenvalue weighted by Crippen LogP contribution is -2.14. The van der Waals surface area contributed by atoms with E-state index in [4.69, 9.17) is 0 Å². The van der Waals surface area contributed by atoms with Crippen molar-refractivity contribution in [1.29, 1.82) is 0 Å². The summed E-state index contributed by atoms with van der Waals surface area (Å²) in [7, 11) is 0. The number of hydrogen-bond acceptors (Lipinski definition) is 0. The van der Waals surface area contributed by atoms with Crippen LogP contribution in [0.4, 0.5) is 0 Å². The molecule has 0 aromatic heterocycles. The predicted octanol–water partition coefficient (Wildman–Crippen LogP) is 14.8. The van der Waals surface area contributed by atoms with E-state index < -0.39 is 0 Å². The van der Waals surface area contributed by atoms with Gasteiger partial charge in [0.15, 0.2) is 0 Å². The fourth-order valence-electron chi connectivity index (χ4n) is 10.7. The van der Waals surface area contributed by atoms with Crippen molar-refractivity contribution in [3.8, 4) is 66.8 Å². The van der Waals surface area contributed by atoms with Crippen LogP contribution < -0.4 is 0 Å². The predicted molar refractivity (Wildman–Crippen MR) is 231 cm³/mol. The van der Waals surface area contributed by atoms with Gasteiger partial charge in [0.2, 0.25) is 0 Å². The van der Waals surface area contributed by atoms with Crippen LogP contribution in [0.3, 0.4) is 0 Å². The first kappa shape index (κ1) is 31.8. The summed E-state index contributed by atoms with van der Waals surface area (Å²) in [6.45, 7) is 18.7. The zero-order chi connectivity index (χ0) is 37.0. The zero-order valence-electron chi connectivity index (χ0n) is 32.5. The number of hydrogen-bond donors (Lipinski definition) is 0. The molecule has 8 aromatic carbocycles. The van der Waals surface area contributed by atoms with Crippen molar-refractivity contribution in [3.63, 3.8) is 0 Å². The molecule has 260 valence electrons. The lowest BCUT2D eigenvalue weighted by molar-refractivity contribution is 0.660. The Balaban J connectivity index is 1.17. The Labute approximate surface area is 319 Å². The van der Waals surface area contributed by atoms with E-state index in [2.05, 4.69) is 177 Å². The van der Waals surface area contributed by atoms with Crippen molar-refractivity contribution in [2.45, 2.75) is 66.2 Å². The molecule has 0 atom stereocenters. The molecule has 8 aromatic rings. The van der Waals surface area contributed by atoms with E-state index in [0.717, 1.165) is 0 Å². The van der Waals surface area contributed by atoms with Gasteiger partial charge < -0.3 is 0 Å². The molecule has 0 aliphatic heterocycles. The quantitative estimate of drug-likeness (QED) is 0.158. The SMILES string of the molecule is Cc1cc2c(-c3ccc4c(c3)C(C)(C)c3ccccc3-4)c3cc(C)c(C)c4c3c(c2cc1C)-c1ccc(-c2ccc3c(c2)C(C)(C)c2ccccc2-3)cc1-4. The molecule has 54 heavy (non-hydrogen) atoms. The maximum Gasteiger partial charge on any atom is 0.0159 e. The van der Waals surface area contributed by atoms with Gasteiger partial charge in [0.25, 0.3) is 0 Å². The molecule has 0 unspecified atom stereocenters. The van der Waals surface area contributed by atoms with E-state index >= 15 is 0 Å². The van der Waals surface area contributed by atoms with Gasteiger partial charge in [-0.15, -0.1) is 0 Å². The Hall–Kier alpha value is -5.72. The van der Waals surface area contributed by atoms with Crippen molar-refractivity contribution in [2.75, 3.05) is 0 Å². The maximum atomic E-state index is 2.52. The summed E-state index contributed by atoms with van der Waals surface area (Å²) in [5, 5.41) is 5.48. The van der Waals surface area contributed by atoms with Crippen molar-refractivity contribution < 1.29 is 0 Å². The Morgan fingerprint density at radius 1 is 0.333 bits per heavy atom. The van der Waals surface area contributed by atoms with Gasteiger partial charge in [-0.1, -0.05) is 131 Å². The summed E-state index contributed by atoms with van der Waals surface area (Å²) in [5.74, 6) is 0. The second kappa shape index (κ2) is 10.5. The fraction of sp³-hybridized carbons (Fsp3) is 0.185. The molecule has 0 nitrogen and oxygen atoms in total. The molecule has 3 aliphatic carbocycles. The van der Waals surface area contributed by atoms with Gasteiger partial charge in [0.05, 0.1) is 0 Å². The lowest BCUT2D eigenvalue weighted by Gasteiger charge is -2.23. The summed E-state index contributed by atoms with van der Waals surface area (Å²) in [6.07, 6.45) is 0. The minimum atomic E-state index is -0.0617. The van der Waals surface area contributed by atoms with Crippen LogP contribution in [0.5, 0.6) is 0 Å². The molecule has 0 N–H and O–H groups in total. The normalized spacial score (nSPS) is 15.0. The van der Waals surface area contributed by atoms with Gasteiger partial charge in [-0.3, -0.25) is 0 Å². The van der Waals surface area contributed by atoms with E-state index in [9.17, 15) is 0 Å².